The number of nitrogens with zero attached hydrogens (tertiary/aromatic N) is 3. The number of rotatable bonds is 9. The number of aliphatic hydroxyl groups is 1. The highest BCUT2D eigenvalue weighted by Gasteiger charge is 2.67. The second-order valence-corrected chi connectivity index (χ2v) is 12.4. The monoisotopic (exact) mass is 654 g/mol. The molecule has 2 heterocycles. The van der Waals surface area contributed by atoms with E-state index in [0.29, 0.717) is 22.8 Å². The molecule has 3 aromatic rings. The van der Waals surface area contributed by atoms with Crippen LogP contribution in [0.15, 0.2) is 59.6 Å². The van der Waals surface area contributed by atoms with E-state index in [-0.39, 0.29) is 52.4 Å². The van der Waals surface area contributed by atoms with Crippen molar-refractivity contribution in [2.24, 2.45) is 16.8 Å². The molecule has 1 amide bonds. The summed E-state index contributed by atoms with van der Waals surface area (Å²) in [5, 5.41) is 26.0. The van der Waals surface area contributed by atoms with Crippen LogP contribution in [0.5, 0.6) is 0 Å². The molecule has 1 aliphatic carbocycles. The number of nitro benzene ring substituents is 1. The number of benzene rings is 3. The van der Waals surface area contributed by atoms with E-state index >= 15 is 4.39 Å². The molecule has 0 radical (unpaired) electrons. The molecule has 1 spiro atoms. The normalized spacial score (nSPS) is 24.3. The van der Waals surface area contributed by atoms with E-state index in [1.54, 1.807) is 36.5 Å². The van der Waals surface area contributed by atoms with Crippen molar-refractivity contribution >= 4 is 52.7 Å². The van der Waals surface area contributed by atoms with E-state index in [2.05, 4.69) is 15.0 Å². The molecule has 234 valence electrons. The molecule has 1 unspecified atom stereocenters. The molecule has 4 atom stereocenters. The summed E-state index contributed by atoms with van der Waals surface area (Å²) in [6.07, 6.45) is 3.47. The first-order valence-corrected chi connectivity index (χ1v) is 15.2. The molecular formula is C32H29Cl2FN4O6. The molecule has 45 heavy (non-hydrogen) atoms. The molecule has 13 heteroatoms. The van der Waals surface area contributed by atoms with Crippen molar-refractivity contribution in [3.63, 3.8) is 0 Å². The number of nitrogens with one attached hydrogen (secondary N) is 1. The van der Waals surface area contributed by atoms with Gasteiger partial charge in [0.1, 0.15) is 11.4 Å². The van der Waals surface area contributed by atoms with E-state index < -0.39 is 40.1 Å². The highest BCUT2D eigenvalue weighted by molar-refractivity contribution is 6.31. The van der Waals surface area contributed by atoms with Gasteiger partial charge in [-0.1, -0.05) is 41.4 Å². The van der Waals surface area contributed by atoms with Crippen molar-refractivity contribution in [1.82, 2.24) is 4.90 Å². The van der Waals surface area contributed by atoms with E-state index in [1.165, 1.54) is 25.3 Å². The molecule has 1 saturated heterocycles. The number of methoxy groups -OCH3 is 1. The van der Waals surface area contributed by atoms with Crippen LogP contribution in [0.1, 0.15) is 45.8 Å². The molecule has 10 nitrogen and oxygen atoms in total. The first-order valence-electron chi connectivity index (χ1n) is 14.4. The molecule has 2 aliphatic heterocycles. The lowest BCUT2D eigenvalue weighted by Crippen LogP contribution is -2.53. The number of hydrogen-bond donors (Lipinski definition) is 2. The Morgan fingerprint density at radius 1 is 1.24 bits per heavy atom. The highest BCUT2D eigenvalue weighted by atomic mass is 35.5. The number of esters is 1. The lowest BCUT2D eigenvalue weighted by molar-refractivity contribution is -0.385. The average molecular weight is 656 g/mol. The van der Waals surface area contributed by atoms with Crippen molar-refractivity contribution in [3.05, 3.63) is 103 Å². The number of anilines is 1. The molecule has 1 saturated carbocycles. The SMILES string of the molecule is COC(=O)c1ccc(CN=CC2[C@H](CO)N(CC3CC3)[C@@]3(C(=O)Nc4cc(Cl)ccc43)[C@H]2c2cccc(Cl)c2F)c([N+](=O)[O-])c1. The summed E-state index contributed by atoms with van der Waals surface area (Å²) in [5.41, 5.74) is -0.217. The quantitative estimate of drug-likeness (QED) is 0.130. The van der Waals surface area contributed by atoms with Gasteiger partial charge in [-0.15, -0.1) is 0 Å². The first-order chi connectivity index (χ1) is 21.6. The number of halogens is 3. The van der Waals surface area contributed by atoms with E-state index in [0.717, 1.165) is 18.9 Å². The number of aliphatic hydroxyl groups excluding tert-OH is 1. The van der Waals surface area contributed by atoms with E-state index in [9.17, 15) is 24.8 Å². The number of likely N-dealkylation sites (tertiary alicyclic amines) is 1. The second kappa shape index (κ2) is 12.1. The molecule has 2 N–H and O–H groups in total. The number of fused-ring (bicyclic) bond motifs is 2. The maximum absolute atomic E-state index is 16.0. The Bertz CT molecular complexity index is 1730. The topological polar surface area (TPSA) is 134 Å². The van der Waals surface area contributed by atoms with Gasteiger partial charge >= 0.3 is 5.97 Å². The summed E-state index contributed by atoms with van der Waals surface area (Å²) in [6.45, 7) is -0.0383. The average Bonchev–Trinajstić information content (AvgIpc) is 3.74. The third kappa shape index (κ3) is 5.27. The van der Waals surface area contributed by atoms with Crippen LogP contribution in [0, 0.1) is 27.8 Å². The molecular weight excluding hydrogens is 626 g/mol. The van der Waals surface area contributed by atoms with Gasteiger partial charge in [-0.25, -0.2) is 9.18 Å². The number of carbonyl (C=O) groups is 2. The minimum Gasteiger partial charge on any atom is -0.465 e. The van der Waals surface area contributed by atoms with Gasteiger partial charge in [0.05, 0.1) is 41.3 Å². The standard InChI is InChI=1S/C32H29Cl2FN4O6/c1-45-30(41)18-7-8-19(26(11-18)39(43)44)13-36-14-22-27(16-40)38(15-17-5-6-17)32(28(22)21-3-2-4-24(34)29(21)35)23-10-9-20(33)12-25(23)37-31(32)42/h2-4,7-12,14,17,22,27-28,40H,5-6,13,15-16H2,1H3,(H,37,42)/t22?,27-,28-,32+/m0/s1. The fraction of sp³-hybridized carbons (Fsp3) is 0.344. The Morgan fingerprint density at radius 2 is 2.02 bits per heavy atom. The molecule has 3 aliphatic rings. The number of amides is 1. The smallest absolute Gasteiger partial charge is 0.338 e. The zero-order valence-electron chi connectivity index (χ0n) is 24.1. The predicted octanol–water partition coefficient (Wildman–Crippen LogP) is 5.73. The van der Waals surface area contributed by atoms with Crippen LogP contribution in [0.3, 0.4) is 0 Å². The van der Waals surface area contributed by atoms with Gasteiger partial charge in [0.15, 0.2) is 0 Å². The van der Waals surface area contributed by atoms with Crippen LogP contribution < -0.4 is 5.32 Å². The van der Waals surface area contributed by atoms with Crippen LogP contribution >= 0.6 is 23.2 Å². The van der Waals surface area contributed by atoms with Gasteiger partial charge in [0.2, 0.25) is 5.91 Å². The Kier molecular flexibility index (Phi) is 8.38. The minimum atomic E-state index is -1.44. The molecule has 2 fully saturated rings. The summed E-state index contributed by atoms with van der Waals surface area (Å²) in [4.78, 5) is 44.1. The summed E-state index contributed by atoms with van der Waals surface area (Å²) < 4.78 is 20.7. The van der Waals surface area contributed by atoms with Gasteiger partial charge < -0.3 is 15.2 Å². The van der Waals surface area contributed by atoms with Gasteiger partial charge in [-0.2, -0.15) is 0 Å². The highest BCUT2D eigenvalue weighted by Crippen LogP contribution is 2.60. The maximum atomic E-state index is 16.0. The summed E-state index contributed by atoms with van der Waals surface area (Å²) in [7, 11) is 1.18. The number of hydrogen-bond acceptors (Lipinski definition) is 8. The molecule has 6 rings (SSSR count). The Balaban J connectivity index is 1.50. The molecule has 3 aromatic carbocycles. The fourth-order valence-corrected chi connectivity index (χ4v) is 7.23. The molecule has 0 bridgehead atoms. The number of aliphatic imine (C=N–C) groups is 1. The number of ether oxygens (including phenoxy) is 1. The van der Waals surface area contributed by atoms with Crippen molar-refractivity contribution in [1.29, 1.82) is 0 Å². The minimum absolute atomic E-state index is 0.0215. The van der Waals surface area contributed by atoms with E-state index in [4.69, 9.17) is 23.2 Å². The Morgan fingerprint density at radius 3 is 2.71 bits per heavy atom. The zero-order valence-corrected chi connectivity index (χ0v) is 25.6. The Hall–Kier alpha value is -3.90. The van der Waals surface area contributed by atoms with Crippen molar-refractivity contribution in [2.75, 3.05) is 25.6 Å². The van der Waals surface area contributed by atoms with Crippen LogP contribution in [-0.2, 0) is 21.6 Å². The lowest BCUT2D eigenvalue weighted by atomic mass is 9.71. The maximum Gasteiger partial charge on any atom is 0.338 e. The van der Waals surface area contributed by atoms with Gasteiger partial charge in [-0.3, -0.25) is 24.8 Å². The summed E-state index contributed by atoms with van der Waals surface area (Å²) >= 11 is 12.6. The van der Waals surface area contributed by atoms with Crippen molar-refractivity contribution in [2.45, 2.75) is 36.9 Å². The van der Waals surface area contributed by atoms with Crippen LogP contribution in [0.25, 0.3) is 0 Å². The van der Waals surface area contributed by atoms with Crippen LogP contribution in [0.4, 0.5) is 15.8 Å². The fourth-order valence-electron chi connectivity index (χ4n) is 6.88. The van der Waals surface area contributed by atoms with Gasteiger partial charge in [0.25, 0.3) is 5.69 Å². The van der Waals surface area contributed by atoms with E-state index in [1.807, 2.05) is 4.90 Å². The van der Waals surface area contributed by atoms with Crippen molar-refractivity contribution in [3.8, 4) is 0 Å². The Labute approximate surface area is 267 Å². The van der Waals surface area contributed by atoms with Crippen molar-refractivity contribution < 1.29 is 28.7 Å². The van der Waals surface area contributed by atoms with Gasteiger partial charge in [-0.05, 0) is 54.7 Å². The number of nitro groups is 1. The van der Waals surface area contributed by atoms with Crippen LogP contribution in [0.2, 0.25) is 10.0 Å². The third-order valence-electron chi connectivity index (χ3n) is 9.02. The second-order valence-electron chi connectivity index (χ2n) is 11.5. The third-order valence-corrected chi connectivity index (χ3v) is 9.54. The summed E-state index contributed by atoms with van der Waals surface area (Å²) in [6, 6.07) is 13.0. The molecule has 0 aromatic heterocycles. The lowest BCUT2D eigenvalue weighted by Gasteiger charge is -2.39. The van der Waals surface area contributed by atoms with Gasteiger partial charge in [0, 0.05) is 53.0 Å². The zero-order chi connectivity index (χ0) is 32.0. The first kappa shape index (κ1) is 31.1. The van der Waals surface area contributed by atoms with Crippen LogP contribution in [-0.4, -0.2) is 59.3 Å². The number of carbonyl (C=O) groups excluding carboxylic acids is 2. The summed E-state index contributed by atoms with van der Waals surface area (Å²) in [5.74, 6) is -3.10. The predicted molar refractivity (Wildman–Crippen MR) is 166 cm³/mol. The largest absolute Gasteiger partial charge is 0.465 e.